The normalized spacial score (nSPS) is 10.8. The number of amides is 1. The lowest BCUT2D eigenvalue weighted by Gasteiger charge is -2.06. The van der Waals surface area contributed by atoms with Crippen LogP contribution in [0.25, 0.3) is 11.0 Å². The van der Waals surface area contributed by atoms with Crippen LogP contribution in [-0.4, -0.2) is 24.0 Å². The Morgan fingerprint density at radius 1 is 1.17 bits per heavy atom. The van der Waals surface area contributed by atoms with Gasteiger partial charge in [0, 0.05) is 30.3 Å². The van der Waals surface area contributed by atoms with Gasteiger partial charge in [-0.25, -0.2) is 0 Å². The van der Waals surface area contributed by atoms with Gasteiger partial charge in [-0.1, -0.05) is 18.2 Å². The highest BCUT2D eigenvalue weighted by atomic mass is 16.5. The van der Waals surface area contributed by atoms with E-state index in [2.05, 4.69) is 10.3 Å². The monoisotopic (exact) mass is 310 g/mol. The summed E-state index contributed by atoms with van der Waals surface area (Å²) < 4.78 is 11.0. The Hall–Kier alpha value is -2.66. The molecule has 3 aromatic rings. The summed E-state index contributed by atoms with van der Waals surface area (Å²) in [6.07, 6.45) is 4.11. The Morgan fingerprint density at radius 3 is 2.91 bits per heavy atom. The fraction of sp³-hybridized carbons (Fsp3) is 0.222. The lowest BCUT2D eigenvalue weighted by molar-refractivity contribution is 0.0933. The van der Waals surface area contributed by atoms with Crippen LogP contribution in [0.15, 0.2) is 59.3 Å². The minimum atomic E-state index is -0.0598. The summed E-state index contributed by atoms with van der Waals surface area (Å²) in [5.74, 6) is -0.0598. The zero-order valence-electron chi connectivity index (χ0n) is 12.7. The summed E-state index contributed by atoms with van der Waals surface area (Å²) in [4.78, 5) is 16.2. The number of benzene rings is 1. The highest BCUT2D eigenvalue weighted by Crippen LogP contribution is 2.18. The molecule has 2 aromatic heterocycles. The van der Waals surface area contributed by atoms with Gasteiger partial charge in [-0.15, -0.1) is 0 Å². The second-order valence-corrected chi connectivity index (χ2v) is 5.12. The zero-order valence-corrected chi connectivity index (χ0v) is 12.7. The first-order valence-corrected chi connectivity index (χ1v) is 7.56. The first-order valence-electron chi connectivity index (χ1n) is 7.56. The van der Waals surface area contributed by atoms with E-state index < -0.39 is 0 Å². The lowest BCUT2D eigenvalue weighted by Crippen LogP contribution is -2.25. The van der Waals surface area contributed by atoms with Crippen molar-refractivity contribution in [2.24, 2.45) is 0 Å². The topological polar surface area (TPSA) is 64.4 Å². The van der Waals surface area contributed by atoms with E-state index >= 15 is 0 Å². The summed E-state index contributed by atoms with van der Waals surface area (Å²) in [5, 5.41) is 3.85. The van der Waals surface area contributed by atoms with E-state index in [1.165, 1.54) is 0 Å². The summed E-state index contributed by atoms with van der Waals surface area (Å²) in [6, 6.07) is 12.9. The first kappa shape index (κ1) is 15.2. The van der Waals surface area contributed by atoms with Gasteiger partial charge in [-0.3, -0.25) is 9.78 Å². The van der Waals surface area contributed by atoms with Crippen LogP contribution < -0.4 is 5.32 Å². The standard InChI is InChI=1S/C18H18N2O3/c21-18(14-5-2-1-3-6-14)20-9-4-11-22-13-16-15-8-12-23-17(15)7-10-19-16/h1-3,5-8,10,12H,4,9,11,13H2,(H,20,21). The average Bonchev–Trinajstić information content (AvgIpc) is 3.08. The molecule has 0 saturated heterocycles. The molecule has 0 spiro atoms. The number of pyridine rings is 1. The van der Waals surface area contributed by atoms with E-state index in [9.17, 15) is 4.79 Å². The second kappa shape index (κ2) is 7.56. The largest absolute Gasteiger partial charge is 0.464 e. The molecule has 23 heavy (non-hydrogen) atoms. The molecular formula is C18H18N2O3. The maximum atomic E-state index is 11.8. The van der Waals surface area contributed by atoms with Crippen molar-refractivity contribution in [1.82, 2.24) is 10.3 Å². The number of carbonyl (C=O) groups is 1. The molecule has 0 bridgehead atoms. The van der Waals surface area contributed by atoms with Crippen molar-refractivity contribution in [2.75, 3.05) is 13.2 Å². The fourth-order valence-corrected chi connectivity index (χ4v) is 2.30. The molecule has 5 nitrogen and oxygen atoms in total. The van der Waals surface area contributed by atoms with Crippen molar-refractivity contribution in [1.29, 1.82) is 0 Å². The third kappa shape index (κ3) is 3.96. The predicted molar refractivity (Wildman–Crippen MR) is 87.1 cm³/mol. The second-order valence-electron chi connectivity index (χ2n) is 5.12. The van der Waals surface area contributed by atoms with Crippen LogP contribution in [0, 0.1) is 0 Å². The minimum absolute atomic E-state index is 0.0598. The Labute approximate surface area is 134 Å². The molecule has 1 amide bonds. The van der Waals surface area contributed by atoms with Crippen molar-refractivity contribution in [3.05, 3.63) is 66.2 Å². The van der Waals surface area contributed by atoms with Crippen LogP contribution in [-0.2, 0) is 11.3 Å². The van der Waals surface area contributed by atoms with Gasteiger partial charge in [-0.05, 0) is 30.7 Å². The Balaban J connectivity index is 1.37. The number of fused-ring (bicyclic) bond motifs is 1. The number of rotatable bonds is 7. The molecule has 0 aliphatic heterocycles. The third-order valence-corrected chi connectivity index (χ3v) is 3.49. The molecule has 0 radical (unpaired) electrons. The number of hydrogen-bond donors (Lipinski definition) is 1. The highest BCUT2D eigenvalue weighted by Gasteiger charge is 2.05. The van der Waals surface area contributed by atoms with Crippen LogP contribution in [0.2, 0.25) is 0 Å². The molecular weight excluding hydrogens is 292 g/mol. The van der Waals surface area contributed by atoms with Crippen molar-refractivity contribution in [3.8, 4) is 0 Å². The average molecular weight is 310 g/mol. The molecule has 0 saturated carbocycles. The van der Waals surface area contributed by atoms with Gasteiger partial charge in [0.05, 0.1) is 18.6 Å². The van der Waals surface area contributed by atoms with E-state index in [4.69, 9.17) is 9.15 Å². The number of hydrogen-bond acceptors (Lipinski definition) is 4. The van der Waals surface area contributed by atoms with Crippen molar-refractivity contribution in [3.63, 3.8) is 0 Å². The number of nitrogens with zero attached hydrogens (tertiary/aromatic N) is 1. The van der Waals surface area contributed by atoms with Crippen LogP contribution in [0.1, 0.15) is 22.5 Å². The number of nitrogens with one attached hydrogen (secondary N) is 1. The molecule has 1 aromatic carbocycles. The maximum Gasteiger partial charge on any atom is 0.251 e. The molecule has 1 N–H and O–H groups in total. The molecule has 3 rings (SSSR count). The van der Waals surface area contributed by atoms with E-state index in [0.29, 0.717) is 25.3 Å². The summed E-state index contributed by atoms with van der Waals surface area (Å²) in [5.41, 5.74) is 2.35. The van der Waals surface area contributed by atoms with E-state index in [0.717, 1.165) is 23.1 Å². The van der Waals surface area contributed by atoms with E-state index in [-0.39, 0.29) is 5.91 Å². The van der Waals surface area contributed by atoms with Gasteiger partial charge in [0.25, 0.3) is 5.91 Å². The maximum absolute atomic E-state index is 11.8. The van der Waals surface area contributed by atoms with Gasteiger partial charge in [0.2, 0.25) is 0 Å². The minimum Gasteiger partial charge on any atom is -0.464 e. The van der Waals surface area contributed by atoms with Crippen LogP contribution in [0.3, 0.4) is 0 Å². The smallest absolute Gasteiger partial charge is 0.251 e. The van der Waals surface area contributed by atoms with Gasteiger partial charge in [0.1, 0.15) is 5.58 Å². The van der Waals surface area contributed by atoms with E-state index in [1.807, 2.05) is 30.3 Å². The molecule has 5 heteroatoms. The fourth-order valence-electron chi connectivity index (χ4n) is 2.30. The van der Waals surface area contributed by atoms with Gasteiger partial charge >= 0.3 is 0 Å². The van der Waals surface area contributed by atoms with Gasteiger partial charge in [-0.2, -0.15) is 0 Å². The van der Waals surface area contributed by atoms with Crippen molar-refractivity contribution < 1.29 is 13.9 Å². The number of aromatic nitrogens is 1. The van der Waals surface area contributed by atoms with E-state index in [1.54, 1.807) is 24.6 Å². The molecule has 0 aliphatic rings. The third-order valence-electron chi connectivity index (χ3n) is 3.49. The van der Waals surface area contributed by atoms with Crippen LogP contribution >= 0.6 is 0 Å². The Kier molecular flexibility index (Phi) is 5.01. The summed E-state index contributed by atoms with van der Waals surface area (Å²) in [6.45, 7) is 1.57. The lowest BCUT2D eigenvalue weighted by atomic mass is 10.2. The van der Waals surface area contributed by atoms with Crippen molar-refractivity contribution in [2.45, 2.75) is 13.0 Å². The van der Waals surface area contributed by atoms with Crippen molar-refractivity contribution >= 4 is 16.9 Å². The summed E-state index contributed by atoms with van der Waals surface area (Å²) >= 11 is 0. The van der Waals surface area contributed by atoms with Crippen LogP contribution in [0.5, 0.6) is 0 Å². The molecule has 0 unspecified atom stereocenters. The zero-order chi connectivity index (χ0) is 15.9. The summed E-state index contributed by atoms with van der Waals surface area (Å²) in [7, 11) is 0. The quantitative estimate of drug-likeness (QED) is 0.681. The molecule has 118 valence electrons. The molecule has 2 heterocycles. The van der Waals surface area contributed by atoms with Crippen LogP contribution in [0.4, 0.5) is 0 Å². The number of ether oxygens (including phenoxy) is 1. The highest BCUT2D eigenvalue weighted by molar-refractivity contribution is 5.94. The Bertz CT molecular complexity index is 768. The SMILES string of the molecule is O=C(NCCCOCc1nccc2occc12)c1ccccc1. The first-order chi connectivity index (χ1) is 11.3. The van der Waals surface area contributed by atoms with Gasteiger partial charge < -0.3 is 14.5 Å². The predicted octanol–water partition coefficient (Wildman–Crippen LogP) is 3.16. The van der Waals surface area contributed by atoms with Gasteiger partial charge in [0.15, 0.2) is 0 Å². The number of furan rings is 1. The Morgan fingerprint density at radius 2 is 2.04 bits per heavy atom. The molecule has 0 fully saturated rings. The molecule has 0 aliphatic carbocycles. The number of carbonyl (C=O) groups excluding carboxylic acids is 1. The molecule has 0 atom stereocenters.